The molecule has 0 aliphatic heterocycles. The van der Waals surface area contributed by atoms with Crippen LogP contribution in [0.3, 0.4) is 0 Å². The van der Waals surface area contributed by atoms with Crippen molar-refractivity contribution in [3.8, 4) is 5.75 Å². The third kappa shape index (κ3) is 5.23. The predicted octanol–water partition coefficient (Wildman–Crippen LogP) is 4.31. The zero-order valence-electron chi connectivity index (χ0n) is 13.0. The molecule has 108 valence electrons. The van der Waals surface area contributed by atoms with E-state index >= 15 is 0 Å². The van der Waals surface area contributed by atoms with Crippen LogP contribution in [0.2, 0.25) is 0 Å². The molecule has 19 heavy (non-hydrogen) atoms. The lowest BCUT2D eigenvalue weighted by molar-refractivity contribution is 0.230. The number of benzene rings is 1. The average Bonchev–Trinajstić information content (AvgIpc) is 2.41. The second-order valence-electron chi connectivity index (χ2n) is 5.32. The SMILES string of the molecule is CCCCC(CC)COc1c(C)cccc1CNC. The van der Waals surface area contributed by atoms with Gasteiger partial charge in [0.05, 0.1) is 6.61 Å². The highest BCUT2D eigenvalue weighted by Gasteiger charge is 2.10. The monoisotopic (exact) mass is 263 g/mol. The molecule has 1 aromatic rings. The van der Waals surface area contributed by atoms with Crippen LogP contribution in [0.5, 0.6) is 5.75 Å². The highest BCUT2D eigenvalue weighted by Crippen LogP contribution is 2.25. The Hall–Kier alpha value is -1.02. The van der Waals surface area contributed by atoms with Crippen molar-refractivity contribution in [3.05, 3.63) is 29.3 Å². The van der Waals surface area contributed by atoms with Crippen LogP contribution in [0.1, 0.15) is 50.7 Å². The minimum atomic E-state index is 0.682. The van der Waals surface area contributed by atoms with E-state index in [4.69, 9.17) is 4.74 Å². The van der Waals surface area contributed by atoms with E-state index in [0.29, 0.717) is 5.92 Å². The summed E-state index contributed by atoms with van der Waals surface area (Å²) in [6.07, 6.45) is 5.05. The maximum atomic E-state index is 6.13. The number of aryl methyl sites for hydroxylation is 1. The van der Waals surface area contributed by atoms with Gasteiger partial charge in [-0.1, -0.05) is 51.3 Å². The van der Waals surface area contributed by atoms with Gasteiger partial charge in [-0.05, 0) is 31.9 Å². The maximum Gasteiger partial charge on any atom is 0.126 e. The Labute approximate surface area is 118 Å². The molecule has 0 saturated heterocycles. The van der Waals surface area contributed by atoms with Crippen LogP contribution in [0, 0.1) is 12.8 Å². The van der Waals surface area contributed by atoms with E-state index in [1.54, 1.807) is 0 Å². The number of hydrogen-bond donors (Lipinski definition) is 1. The number of rotatable bonds is 9. The molecule has 2 heteroatoms. The Morgan fingerprint density at radius 2 is 2.05 bits per heavy atom. The first-order valence-corrected chi connectivity index (χ1v) is 7.58. The zero-order valence-corrected chi connectivity index (χ0v) is 13.0. The van der Waals surface area contributed by atoms with Gasteiger partial charge < -0.3 is 10.1 Å². The lowest BCUT2D eigenvalue weighted by atomic mass is 10.0. The molecule has 1 rings (SSSR count). The molecule has 0 aliphatic carbocycles. The van der Waals surface area contributed by atoms with E-state index in [-0.39, 0.29) is 0 Å². The smallest absolute Gasteiger partial charge is 0.126 e. The normalized spacial score (nSPS) is 12.4. The highest BCUT2D eigenvalue weighted by atomic mass is 16.5. The summed E-state index contributed by atoms with van der Waals surface area (Å²) in [4.78, 5) is 0. The molecule has 0 bridgehead atoms. The van der Waals surface area contributed by atoms with Crippen molar-refractivity contribution in [1.29, 1.82) is 0 Å². The van der Waals surface area contributed by atoms with E-state index in [1.807, 2.05) is 7.05 Å². The molecule has 0 aliphatic rings. The molecule has 0 saturated carbocycles. The van der Waals surface area contributed by atoms with Crippen molar-refractivity contribution in [3.63, 3.8) is 0 Å². The van der Waals surface area contributed by atoms with Gasteiger partial charge in [0, 0.05) is 12.1 Å². The van der Waals surface area contributed by atoms with Gasteiger partial charge in [-0.2, -0.15) is 0 Å². The molecule has 1 aromatic carbocycles. The first kappa shape index (κ1) is 16.0. The largest absolute Gasteiger partial charge is 0.493 e. The summed E-state index contributed by atoms with van der Waals surface area (Å²) >= 11 is 0. The molecule has 1 atom stereocenters. The molecule has 1 N–H and O–H groups in total. The van der Waals surface area contributed by atoms with Gasteiger partial charge in [-0.25, -0.2) is 0 Å². The number of nitrogens with one attached hydrogen (secondary N) is 1. The lowest BCUT2D eigenvalue weighted by Gasteiger charge is -2.19. The first-order valence-electron chi connectivity index (χ1n) is 7.58. The first-order chi connectivity index (χ1) is 9.22. The van der Waals surface area contributed by atoms with Crippen LogP contribution in [-0.4, -0.2) is 13.7 Å². The Bertz CT molecular complexity index is 362. The fraction of sp³-hybridized carbons (Fsp3) is 0.647. The predicted molar refractivity (Wildman–Crippen MR) is 82.7 cm³/mol. The van der Waals surface area contributed by atoms with Crippen LogP contribution in [-0.2, 0) is 6.54 Å². The van der Waals surface area contributed by atoms with E-state index in [1.165, 1.54) is 36.8 Å². The summed E-state index contributed by atoms with van der Waals surface area (Å²) in [6.45, 7) is 8.35. The third-order valence-electron chi connectivity index (χ3n) is 3.67. The van der Waals surface area contributed by atoms with Gasteiger partial charge in [-0.15, -0.1) is 0 Å². The topological polar surface area (TPSA) is 21.3 Å². The number of ether oxygens (including phenoxy) is 1. The van der Waals surface area contributed by atoms with Gasteiger partial charge in [0.25, 0.3) is 0 Å². The second-order valence-corrected chi connectivity index (χ2v) is 5.32. The quantitative estimate of drug-likeness (QED) is 0.717. The minimum absolute atomic E-state index is 0.682. The van der Waals surface area contributed by atoms with Gasteiger partial charge >= 0.3 is 0 Å². The molecular weight excluding hydrogens is 234 g/mol. The average molecular weight is 263 g/mol. The molecule has 0 amide bonds. The van der Waals surface area contributed by atoms with Crippen molar-refractivity contribution in [2.45, 2.75) is 53.0 Å². The van der Waals surface area contributed by atoms with Crippen LogP contribution in [0.15, 0.2) is 18.2 Å². The van der Waals surface area contributed by atoms with Gasteiger partial charge in [0.2, 0.25) is 0 Å². The van der Waals surface area contributed by atoms with E-state index in [0.717, 1.165) is 18.9 Å². The Balaban J connectivity index is 2.64. The maximum absolute atomic E-state index is 6.13. The van der Waals surface area contributed by atoms with Crippen molar-refractivity contribution in [2.75, 3.05) is 13.7 Å². The molecule has 0 aromatic heterocycles. The van der Waals surface area contributed by atoms with Crippen molar-refractivity contribution < 1.29 is 4.74 Å². The van der Waals surface area contributed by atoms with Crippen LogP contribution in [0.25, 0.3) is 0 Å². The summed E-state index contributed by atoms with van der Waals surface area (Å²) in [6, 6.07) is 6.37. The van der Waals surface area contributed by atoms with E-state index < -0.39 is 0 Å². The van der Waals surface area contributed by atoms with Gasteiger partial charge in [0.1, 0.15) is 5.75 Å². The molecular formula is C17H29NO. The Morgan fingerprint density at radius 3 is 2.68 bits per heavy atom. The van der Waals surface area contributed by atoms with Crippen molar-refractivity contribution in [2.24, 2.45) is 5.92 Å². The van der Waals surface area contributed by atoms with Crippen LogP contribution >= 0.6 is 0 Å². The molecule has 2 nitrogen and oxygen atoms in total. The Morgan fingerprint density at radius 1 is 1.26 bits per heavy atom. The zero-order chi connectivity index (χ0) is 14.1. The van der Waals surface area contributed by atoms with Crippen molar-refractivity contribution in [1.82, 2.24) is 5.32 Å². The summed E-state index contributed by atoms with van der Waals surface area (Å²) in [5, 5.41) is 3.21. The summed E-state index contributed by atoms with van der Waals surface area (Å²) < 4.78 is 6.13. The highest BCUT2D eigenvalue weighted by molar-refractivity contribution is 5.40. The molecule has 0 spiro atoms. The fourth-order valence-electron chi connectivity index (χ4n) is 2.35. The van der Waals surface area contributed by atoms with Crippen LogP contribution < -0.4 is 10.1 Å². The lowest BCUT2D eigenvalue weighted by Crippen LogP contribution is -2.14. The fourth-order valence-corrected chi connectivity index (χ4v) is 2.35. The minimum Gasteiger partial charge on any atom is -0.493 e. The molecule has 0 heterocycles. The van der Waals surface area contributed by atoms with E-state index in [9.17, 15) is 0 Å². The molecule has 1 unspecified atom stereocenters. The number of hydrogen-bond acceptors (Lipinski definition) is 2. The summed E-state index contributed by atoms with van der Waals surface area (Å²) in [5.74, 6) is 1.76. The molecule has 0 radical (unpaired) electrons. The molecule has 0 fully saturated rings. The van der Waals surface area contributed by atoms with Crippen molar-refractivity contribution >= 4 is 0 Å². The van der Waals surface area contributed by atoms with E-state index in [2.05, 4.69) is 44.3 Å². The summed E-state index contributed by atoms with van der Waals surface area (Å²) in [5.41, 5.74) is 2.49. The van der Waals surface area contributed by atoms with Crippen LogP contribution in [0.4, 0.5) is 0 Å². The second kappa shape index (κ2) is 8.98. The number of para-hydroxylation sites is 1. The Kier molecular flexibility index (Phi) is 7.57. The standard InChI is InChI=1S/C17H29NO/c1-5-7-10-15(6-2)13-19-17-14(3)9-8-11-16(17)12-18-4/h8-9,11,15,18H,5-7,10,12-13H2,1-4H3. The van der Waals surface area contributed by atoms with Gasteiger partial charge in [0.15, 0.2) is 0 Å². The van der Waals surface area contributed by atoms with Gasteiger partial charge in [-0.3, -0.25) is 0 Å². The number of unbranched alkanes of at least 4 members (excludes halogenated alkanes) is 1. The third-order valence-corrected chi connectivity index (χ3v) is 3.67. The summed E-state index contributed by atoms with van der Waals surface area (Å²) in [7, 11) is 1.97.